The number of benzene rings is 1. The molecule has 0 saturated carbocycles. The fourth-order valence-corrected chi connectivity index (χ4v) is 2.83. The van der Waals surface area contributed by atoms with Crippen LogP contribution < -0.4 is 10.1 Å². The summed E-state index contributed by atoms with van der Waals surface area (Å²) in [6.07, 6.45) is 0. The second kappa shape index (κ2) is 8.13. The number of thiocarbonyl (C=S) groups is 1. The first-order valence-electron chi connectivity index (χ1n) is 7.54. The molecule has 0 atom stereocenters. The number of rotatable bonds is 5. The maximum absolute atomic E-state index is 12.0. The first-order valence-corrected chi connectivity index (χ1v) is 7.95. The molecule has 1 amide bonds. The molecule has 0 bridgehead atoms. The maximum atomic E-state index is 12.0. The van der Waals surface area contributed by atoms with E-state index in [-0.39, 0.29) is 24.6 Å². The molecular formula is C17H26N2O2S. The Hall–Kier alpha value is -1.62. The molecule has 0 spiro atoms. The van der Waals surface area contributed by atoms with Gasteiger partial charge in [-0.1, -0.05) is 12.1 Å². The predicted molar refractivity (Wildman–Crippen MR) is 94.3 cm³/mol. The molecule has 0 radical (unpaired) electrons. The van der Waals surface area contributed by atoms with Gasteiger partial charge in [0.2, 0.25) is 0 Å². The predicted octanol–water partition coefficient (Wildman–Crippen LogP) is 3.20. The van der Waals surface area contributed by atoms with E-state index in [1.165, 1.54) is 0 Å². The normalized spacial score (nSPS) is 10.7. The fraction of sp³-hybridized carbons (Fsp3) is 0.529. The Morgan fingerprint density at radius 2 is 1.82 bits per heavy atom. The van der Waals surface area contributed by atoms with E-state index in [1.807, 2.05) is 64.6 Å². The third kappa shape index (κ3) is 5.30. The Labute approximate surface area is 138 Å². The van der Waals surface area contributed by atoms with Gasteiger partial charge in [-0.3, -0.25) is 4.79 Å². The lowest BCUT2D eigenvalue weighted by atomic mass is 10.1. The minimum absolute atomic E-state index is 0.0472. The number of ether oxygens (including phenoxy) is 1. The molecule has 0 fully saturated rings. The van der Waals surface area contributed by atoms with Gasteiger partial charge in [0, 0.05) is 12.1 Å². The van der Waals surface area contributed by atoms with Gasteiger partial charge in [0.25, 0.3) is 5.91 Å². The standard InChI is InChI=1S/C17H26N2O2S/c1-11(2)19(12(3)4)17(22)18-16(20)10-21-15-9-13(5)7-8-14(15)6/h7-9,11-12H,10H2,1-6H3,(H,18,20,22). The van der Waals surface area contributed by atoms with Crippen LogP contribution >= 0.6 is 12.2 Å². The fourth-order valence-electron chi connectivity index (χ4n) is 2.29. The van der Waals surface area contributed by atoms with Crippen molar-refractivity contribution in [1.82, 2.24) is 10.2 Å². The number of aryl methyl sites for hydroxylation is 2. The van der Waals surface area contributed by atoms with Crippen LogP contribution in [0.4, 0.5) is 0 Å². The van der Waals surface area contributed by atoms with Gasteiger partial charge in [0.05, 0.1) is 0 Å². The summed E-state index contributed by atoms with van der Waals surface area (Å²) in [6, 6.07) is 6.38. The summed E-state index contributed by atoms with van der Waals surface area (Å²) in [5, 5.41) is 3.18. The van der Waals surface area contributed by atoms with E-state index in [1.54, 1.807) is 0 Å². The van der Waals surface area contributed by atoms with Crippen LogP contribution in [0, 0.1) is 13.8 Å². The zero-order chi connectivity index (χ0) is 16.9. The van der Waals surface area contributed by atoms with Crippen LogP contribution in [0.1, 0.15) is 38.8 Å². The summed E-state index contributed by atoms with van der Waals surface area (Å²) in [7, 11) is 0. The van der Waals surface area contributed by atoms with Crippen LogP contribution in [0.3, 0.4) is 0 Å². The molecule has 22 heavy (non-hydrogen) atoms. The van der Waals surface area contributed by atoms with Gasteiger partial charge in [0.15, 0.2) is 11.7 Å². The summed E-state index contributed by atoms with van der Waals surface area (Å²) in [5.74, 6) is 0.489. The average Bonchev–Trinajstić information content (AvgIpc) is 2.38. The molecular weight excluding hydrogens is 296 g/mol. The van der Waals surface area contributed by atoms with Crippen molar-refractivity contribution in [3.8, 4) is 5.75 Å². The molecule has 122 valence electrons. The van der Waals surface area contributed by atoms with E-state index >= 15 is 0 Å². The maximum Gasteiger partial charge on any atom is 0.264 e. The van der Waals surface area contributed by atoms with Gasteiger partial charge in [-0.05, 0) is 71.0 Å². The summed E-state index contributed by atoms with van der Waals surface area (Å²) >= 11 is 5.32. The van der Waals surface area contributed by atoms with Gasteiger partial charge in [0.1, 0.15) is 5.75 Å². The van der Waals surface area contributed by atoms with Crippen molar-refractivity contribution in [2.75, 3.05) is 6.61 Å². The Bertz CT molecular complexity index is 533. The minimum atomic E-state index is -0.239. The van der Waals surface area contributed by atoms with Crippen LogP contribution in [-0.2, 0) is 4.79 Å². The van der Waals surface area contributed by atoms with E-state index in [0.717, 1.165) is 16.9 Å². The molecule has 0 aliphatic carbocycles. The molecule has 1 aromatic rings. The monoisotopic (exact) mass is 322 g/mol. The Morgan fingerprint density at radius 3 is 2.36 bits per heavy atom. The number of nitrogens with one attached hydrogen (secondary N) is 1. The number of hydrogen-bond donors (Lipinski definition) is 1. The molecule has 4 nitrogen and oxygen atoms in total. The van der Waals surface area contributed by atoms with Crippen LogP contribution in [0.15, 0.2) is 18.2 Å². The number of hydrogen-bond acceptors (Lipinski definition) is 3. The topological polar surface area (TPSA) is 41.6 Å². The molecule has 1 aromatic carbocycles. The average molecular weight is 322 g/mol. The molecule has 0 aromatic heterocycles. The highest BCUT2D eigenvalue weighted by Crippen LogP contribution is 2.18. The van der Waals surface area contributed by atoms with Gasteiger partial charge in [-0.2, -0.15) is 0 Å². The smallest absolute Gasteiger partial charge is 0.264 e. The molecule has 0 saturated heterocycles. The van der Waals surface area contributed by atoms with Gasteiger partial charge < -0.3 is 15.0 Å². The Kier molecular flexibility index (Phi) is 6.81. The van der Waals surface area contributed by atoms with Crippen LogP contribution in [0.25, 0.3) is 0 Å². The van der Waals surface area contributed by atoms with Crippen molar-refractivity contribution in [3.05, 3.63) is 29.3 Å². The van der Waals surface area contributed by atoms with Crippen molar-refractivity contribution in [3.63, 3.8) is 0 Å². The lowest BCUT2D eigenvalue weighted by molar-refractivity contribution is -0.121. The minimum Gasteiger partial charge on any atom is -0.483 e. The van der Waals surface area contributed by atoms with E-state index in [0.29, 0.717) is 5.11 Å². The van der Waals surface area contributed by atoms with Gasteiger partial charge in [-0.25, -0.2) is 0 Å². The number of nitrogens with zero attached hydrogens (tertiary/aromatic N) is 1. The summed E-state index contributed by atoms with van der Waals surface area (Å²) < 4.78 is 5.59. The van der Waals surface area contributed by atoms with Crippen LogP contribution in [-0.4, -0.2) is 34.6 Å². The molecule has 1 rings (SSSR count). The zero-order valence-electron chi connectivity index (χ0n) is 14.3. The van der Waals surface area contributed by atoms with Crippen molar-refractivity contribution >= 4 is 23.2 Å². The zero-order valence-corrected chi connectivity index (χ0v) is 15.1. The van der Waals surface area contributed by atoms with Crippen molar-refractivity contribution in [1.29, 1.82) is 0 Å². The van der Waals surface area contributed by atoms with Gasteiger partial charge in [-0.15, -0.1) is 0 Å². The summed E-state index contributed by atoms with van der Waals surface area (Å²) in [5.41, 5.74) is 2.11. The first-order chi connectivity index (χ1) is 10.2. The summed E-state index contributed by atoms with van der Waals surface area (Å²) in [4.78, 5) is 14.0. The number of carbonyl (C=O) groups is 1. The third-order valence-electron chi connectivity index (χ3n) is 3.30. The quantitative estimate of drug-likeness (QED) is 0.845. The SMILES string of the molecule is Cc1ccc(C)c(OCC(=O)NC(=S)N(C(C)C)C(C)C)c1. The van der Waals surface area contributed by atoms with Crippen LogP contribution in [0.5, 0.6) is 5.75 Å². The Balaban J connectivity index is 2.59. The number of amides is 1. The number of carbonyl (C=O) groups excluding carboxylic acids is 1. The largest absolute Gasteiger partial charge is 0.483 e. The highest BCUT2D eigenvalue weighted by Gasteiger charge is 2.18. The molecule has 0 heterocycles. The molecule has 1 N–H and O–H groups in total. The highest BCUT2D eigenvalue weighted by molar-refractivity contribution is 7.80. The van der Waals surface area contributed by atoms with E-state index in [2.05, 4.69) is 5.32 Å². The lowest BCUT2D eigenvalue weighted by Crippen LogP contribution is -2.50. The second-order valence-corrected chi connectivity index (χ2v) is 6.39. The third-order valence-corrected chi connectivity index (χ3v) is 3.61. The first kappa shape index (κ1) is 18.4. The second-order valence-electron chi connectivity index (χ2n) is 6.01. The van der Waals surface area contributed by atoms with Crippen molar-refractivity contribution < 1.29 is 9.53 Å². The van der Waals surface area contributed by atoms with E-state index < -0.39 is 0 Å². The molecule has 5 heteroatoms. The van der Waals surface area contributed by atoms with Crippen molar-refractivity contribution in [2.45, 2.75) is 53.6 Å². The van der Waals surface area contributed by atoms with E-state index in [4.69, 9.17) is 17.0 Å². The molecule has 0 unspecified atom stereocenters. The summed E-state index contributed by atoms with van der Waals surface area (Å²) in [6.45, 7) is 12.1. The van der Waals surface area contributed by atoms with Gasteiger partial charge >= 0.3 is 0 Å². The Morgan fingerprint density at radius 1 is 1.23 bits per heavy atom. The molecule has 0 aliphatic rings. The van der Waals surface area contributed by atoms with Crippen molar-refractivity contribution in [2.24, 2.45) is 0 Å². The lowest BCUT2D eigenvalue weighted by Gasteiger charge is -2.32. The van der Waals surface area contributed by atoms with Crippen LogP contribution in [0.2, 0.25) is 0 Å². The highest BCUT2D eigenvalue weighted by atomic mass is 32.1. The van der Waals surface area contributed by atoms with E-state index in [9.17, 15) is 4.79 Å². The molecule has 0 aliphatic heterocycles.